The summed E-state index contributed by atoms with van der Waals surface area (Å²) in [6.45, 7) is 5.49. The predicted molar refractivity (Wildman–Crippen MR) is 87.5 cm³/mol. The molecule has 1 N–H and O–H groups in total. The van der Waals surface area contributed by atoms with E-state index in [0.29, 0.717) is 17.1 Å². The van der Waals surface area contributed by atoms with Gasteiger partial charge >= 0.3 is 0 Å². The highest BCUT2D eigenvalue weighted by atomic mass is 32.2. The van der Waals surface area contributed by atoms with Gasteiger partial charge in [-0.3, -0.25) is 0 Å². The fraction of sp³-hybridized carbons (Fsp3) is 0.467. The van der Waals surface area contributed by atoms with E-state index in [1.165, 1.54) is 23.0 Å². The number of aromatic nitrogens is 3. The summed E-state index contributed by atoms with van der Waals surface area (Å²) in [6.07, 6.45) is 0.462. The zero-order valence-electron chi connectivity index (χ0n) is 13.9. The maximum absolute atomic E-state index is 13.2. The van der Waals surface area contributed by atoms with E-state index in [2.05, 4.69) is 15.4 Å². The SMILES string of the molecule is CCC(C)Nc1c(C)c(C(F)F)nn1-c1ccc(S(C)(=O)=O)nc1. The van der Waals surface area contributed by atoms with Gasteiger partial charge in [0.2, 0.25) is 0 Å². The zero-order valence-corrected chi connectivity index (χ0v) is 14.7. The quantitative estimate of drug-likeness (QED) is 0.858. The highest BCUT2D eigenvalue weighted by Gasteiger charge is 2.23. The molecule has 2 aromatic rings. The summed E-state index contributed by atoms with van der Waals surface area (Å²) in [5.41, 5.74) is 0.452. The summed E-state index contributed by atoms with van der Waals surface area (Å²) >= 11 is 0. The Morgan fingerprint density at radius 2 is 2.00 bits per heavy atom. The van der Waals surface area contributed by atoms with E-state index in [0.717, 1.165) is 12.7 Å². The monoisotopic (exact) mass is 358 g/mol. The number of rotatable bonds is 6. The van der Waals surface area contributed by atoms with Crippen molar-refractivity contribution in [2.45, 2.75) is 44.7 Å². The molecule has 0 saturated carbocycles. The van der Waals surface area contributed by atoms with Gasteiger partial charge in [-0.25, -0.2) is 26.9 Å². The van der Waals surface area contributed by atoms with Crippen molar-refractivity contribution in [3.05, 3.63) is 29.6 Å². The smallest absolute Gasteiger partial charge is 0.282 e. The second kappa shape index (κ2) is 6.84. The molecule has 2 aromatic heterocycles. The lowest BCUT2D eigenvalue weighted by Gasteiger charge is -2.15. The average Bonchev–Trinajstić information content (AvgIpc) is 2.84. The number of pyridine rings is 1. The van der Waals surface area contributed by atoms with Gasteiger partial charge in [-0.05, 0) is 32.4 Å². The topological polar surface area (TPSA) is 76.9 Å². The van der Waals surface area contributed by atoms with Gasteiger partial charge in [-0.1, -0.05) is 6.92 Å². The third-order valence-corrected chi connectivity index (χ3v) is 4.71. The molecule has 6 nitrogen and oxygen atoms in total. The molecule has 0 saturated heterocycles. The number of nitrogens with one attached hydrogen (secondary N) is 1. The van der Waals surface area contributed by atoms with E-state index >= 15 is 0 Å². The lowest BCUT2D eigenvalue weighted by atomic mass is 10.2. The van der Waals surface area contributed by atoms with Crippen molar-refractivity contribution in [1.82, 2.24) is 14.8 Å². The lowest BCUT2D eigenvalue weighted by molar-refractivity contribution is 0.145. The van der Waals surface area contributed by atoms with Crippen molar-refractivity contribution in [3.8, 4) is 5.69 Å². The molecule has 0 bridgehead atoms. The molecule has 0 radical (unpaired) electrons. The second-order valence-corrected chi connectivity index (χ2v) is 7.61. The molecular weight excluding hydrogens is 338 g/mol. The van der Waals surface area contributed by atoms with Gasteiger partial charge in [0, 0.05) is 17.9 Å². The average molecular weight is 358 g/mol. The minimum atomic E-state index is -3.43. The Hall–Kier alpha value is -2.03. The van der Waals surface area contributed by atoms with Gasteiger partial charge in [-0.2, -0.15) is 5.10 Å². The van der Waals surface area contributed by atoms with Crippen molar-refractivity contribution in [1.29, 1.82) is 0 Å². The number of nitrogens with zero attached hydrogens (tertiary/aromatic N) is 3. The Morgan fingerprint density at radius 3 is 2.46 bits per heavy atom. The lowest BCUT2D eigenvalue weighted by Crippen LogP contribution is -2.17. The summed E-state index contributed by atoms with van der Waals surface area (Å²) < 4.78 is 50.7. The van der Waals surface area contributed by atoms with Crippen LogP contribution in [-0.2, 0) is 9.84 Å². The van der Waals surface area contributed by atoms with Gasteiger partial charge in [0.15, 0.2) is 14.9 Å². The van der Waals surface area contributed by atoms with Crippen LogP contribution in [0.4, 0.5) is 14.6 Å². The first-order valence-corrected chi connectivity index (χ1v) is 9.35. The maximum Gasteiger partial charge on any atom is 0.282 e. The molecule has 2 heterocycles. The Labute approximate surface area is 139 Å². The normalized spacial score (nSPS) is 13.3. The fourth-order valence-corrected chi connectivity index (χ4v) is 2.69. The van der Waals surface area contributed by atoms with Crippen molar-refractivity contribution in [2.75, 3.05) is 11.6 Å². The third-order valence-electron chi connectivity index (χ3n) is 3.71. The summed E-state index contributed by atoms with van der Waals surface area (Å²) in [6, 6.07) is 2.89. The Balaban J connectivity index is 2.54. The highest BCUT2D eigenvalue weighted by molar-refractivity contribution is 7.90. The Kier molecular flexibility index (Phi) is 5.22. The van der Waals surface area contributed by atoms with E-state index in [4.69, 9.17) is 0 Å². The zero-order chi connectivity index (χ0) is 18.1. The van der Waals surface area contributed by atoms with Crippen molar-refractivity contribution >= 4 is 15.7 Å². The molecule has 132 valence electrons. The summed E-state index contributed by atoms with van der Waals surface area (Å²) in [5, 5.41) is 7.06. The van der Waals surface area contributed by atoms with Gasteiger partial charge in [0.25, 0.3) is 6.43 Å². The van der Waals surface area contributed by atoms with E-state index in [-0.39, 0.29) is 16.8 Å². The first kappa shape index (κ1) is 18.3. The number of anilines is 1. The van der Waals surface area contributed by atoms with Crippen LogP contribution in [0.15, 0.2) is 23.4 Å². The molecule has 0 aliphatic rings. The molecule has 0 fully saturated rings. The summed E-state index contributed by atoms with van der Waals surface area (Å²) in [5.74, 6) is 0.452. The molecule has 1 unspecified atom stereocenters. The van der Waals surface area contributed by atoms with Crippen LogP contribution in [0.25, 0.3) is 5.69 Å². The van der Waals surface area contributed by atoms with E-state index in [9.17, 15) is 17.2 Å². The Morgan fingerprint density at radius 1 is 1.33 bits per heavy atom. The second-order valence-electron chi connectivity index (χ2n) is 5.65. The van der Waals surface area contributed by atoms with Crippen LogP contribution in [0.3, 0.4) is 0 Å². The highest BCUT2D eigenvalue weighted by Crippen LogP contribution is 2.30. The minimum absolute atomic E-state index is 0.0629. The number of halogens is 2. The molecule has 0 aliphatic carbocycles. The van der Waals surface area contributed by atoms with Crippen LogP contribution < -0.4 is 5.32 Å². The van der Waals surface area contributed by atoms with Crippen molar-refractivity contribution in [2.24, 2.45) is 0 Å². The molecular formula is C15H20F2N4O2S. The maximum atomic E-state index is 13.2. The largest absolute Gasteiger partial charge is 0.367 e. The van der Waals surface area contributed by atoms with Crippen LogP contribution in [-0.4, -0.2) is 35.5 Å². The Bertz CT molecular complexity index is 817. The number of hydrogen-bond acceptors (Lipinski definition) is 5. The molecule has 24 heavy (non-hydrogen) atoms. The van der Waals surface area contributed by atoms with E-state index in [1.807, 2.05) is 13.8 Å². The predicted octanol–water partition coefficient (Wildman–Crippen LogP) is 3.13. The molecule has 0 aromatic carbocycles. The van der Waals surface area contributed by atoms with E-state index in [1.54, 1.807) is 6.92 Å². The number of alkyl halides is 2. The first-order chi connectivity index (χ1) is 11.1. The molecule has 1 atom stereocenters. The first-order valence-electron chi connectivity index (χ1n) is 7.45. The van der Waals surface area contributed by atoms with Gasteiger partial charge in [0.1, 0.15) is 11.5 Å². The van der Waals surface area contributed by atoms with Crippen molar-refractivity contribution < 1.29 is 17.2 Å². The third kappa shape index (κ3) is 3.72. The number of hydrogen-bond donors (Lipinski definition) is 1. The van der Waals surface area contributed by atoms with Gasteiger partial charge < -0.3 is 5.32 Å². The molecule has 9 heteroatoms. The number of sulfone groups is 1. The van der Waals surface area contributed by atoms with Crippen LogP contribution in [0, 0.1) is 6.92 Å². The molecule has 0 aliphatic heterocycles. The van der Waals surface area contributed by atoms with Crippen LogP contribution in [0.5, 0.6) is 0 Å². The van der Waals surface area contributed by atoms with Crippen molar-refractivity contribution in [3.63, 3.8) is 0 Å². The van der Waals surface area contributed by atoms with Crippen LogP contribution >= 0.6 is 0 Å². The molecule has 0 amide bonds. The van der Waals surface area contributed by atoms with Gasteiger partial charge in [-0.15, -0.1) is 0 Å². The summed E-state index contributed by atoms with van der Waals surface area (Å²) in [7, 11) is -3.43. The molecule has 0 spiro atoms. The van der Waals surface area contributed by atoms with Crippen LogP contribution in [0.1, 0.15) is 38.0 Å². The fourth-order valence-electron chi connectivity index (χ4n) is 2.13. The standard InChI is InChI=1S/C15H20F2N4O2S/c1-5-9(2)19-15-10(3)13(14(16)17)20-21(15)11-6-7-12(18-8-11)24(4,22)23/h6-9,14,19H,5H2,1-4H3. The molecule has 2 rings (SSSR count). The van der Waals surface area contributed by atoms with Gasteiger partial charge in [0.05, 0.1) is 11.9 Å². The van der Waals surface area contributed by atoms with Crippen LogP contribution in [0.2, 0.25) is 0 Å². The van der Waals surface area contributed by atoms with E-state index < -0.39 is 16.3 Å². The summed E-state index contributed by atoms with van der Waals surface area (Å²) in [4.78, 5) is 3.89. The minimum Gasteiger partial charge on any atom is -0.367 e.